The number of aliphatic hydroxyl groups is 1. The van der Waals surface area contributed by atoms with Crippen LogP contribution in [0.25, 0.3) is 0 Å². The second-order valence-electron chi connectivity index (χ2n) is 5.33. The number of anilines is 1. The highest BCUT2D eigenvalue weighted by molar-refractivity contribution is 9.10. The van der Waals surface area contributed by atoms with Crippen LogP contribution in [0.1, 0.15) is 37.7 Å². The van der Waals surface area contributed by atoms with E-state index in [2.05, 4.69) is 21.2 Å². The van der Waals surface area contributed by atoms with Crippen molar-refractivity contribution < 1.29 is 18.3 Å². The average molecular weight is 352 g/mol. The van der Waals surface area contributed by atoms with Crippen molar-refractivity contribution in [3.05, 3.63) is 28.2 Å². The molecular formula is C14H17BrF3NO. The fourth-order valence-electron chi connectivity index (χ4n) is 2.48. The van der Waals surface area contributed by atoms with Gasteiger partial charge in [-0.15, -0.1) is 0 Å². The van der Waals surface area contributed by atoms with E-state index in [9.17, 15) is 18.3 Å². The number of rotatable bonds is 3. The molecule has 1 aromatic rings. The molecule has 1 saturated carbocycles. The Morgan fingerprint density at radius 1 is 1.20 bits per heavy atom. The van der Waals surface area contributed by atoms with Gasteiger partial charge in [-0.1, -0.05) is 19.3 Å². The topological polar surface area (TPSA) is 32.3 Å². The highest BCUT2D eigenvalue weighted by atomic mass is 79.9. The summed E-state index contributed by atoms with van der Waals surface area (Å²) in [5, 5.41) is 13.3. The zero-order chi connectivity index (χ0) is 14.8. The summed E-state index contributed by atoms with van der Waals surface area (Å²) in [5.41, 5.74) is -1.15. The Labute approximate surface area is 124 Å². The summed E-state index contributed by atoms with van der Waals surface area (Å²) >= 11 is 3.23. The fourth-order valence-corrected chi connectivity index (χ4v) is 2.87. The standard InChI is InChI=1S/C14H17BrF3NO/c15-11-5-4-10(14(16,17)18)8-12(11)19-9-13(20)6-2-1-3-7-13/h4-5,8,19-20H,1-3,6-7,9H2. The Bertz CT molecular complexity index is 470. The Kier molecular flexibility index (Phi) is 4.64. The van der Waals surface area contributed by atoms with Crippen LogP contribution in [0, 0.1) is 0 Å². The van der Waals surface area contributed by atoms with Crippen molar-refractivity contribution >= 4 is 21.6 Å². The Morgan fingerprint density at radius 3 is 2.45 bits per heavy atom. The minimum Gasteiger partial charge on any atom is -0.388 e. The molecule has 112 valence electrons. The molecule has 0 radical (unpaired) electrons. The largest absolute Gasteiger partial charge is 0.416 e. The van der Waals surface area contributed by atoms with Crippen LogP contribution in [0.5, 0.6) is 0 Å². The van der Waals surface area contributed by atoms with Crippen LogP contribution in [0.4, 0.5) is 18.9 Å². The first-order chi connectivity index (χ1) is 9.30. The van der Waals surface area contributed by atoms with E-state index in [0.717, 1.165) is 31.4 Å². The highest BCUT2D eigenvalue weighted by Crippen LogP contribution is 2.35. The summed E-state index contributed by atoms with van der Waals surface area (Å²) in [4.78, 5) is 0. The van der Waals surface area contributed by atoms with Gasteiger partial charge in [-0.3, -0.25) is 0 Å². The molecule has 2 N–H and O–H groups in total. The smallest absolute Gasteiger partial charge is 0.388 e. The summed E-state index contributed by atoms with van der Waals surface area (Å²) in [6, 6.07) is 3.47. The highest BCUT2D eigenvalue weighted by Gasteiger charge is 2.32. The normalized spacial score (nSPS) is 18.9. The van der Waals surface area contributed by atoms with Gasteiger partial charge >= 0.3 is 6.18 Å². The molecule has 0 amide bonds. The molecule has 2 rings (SSSR count). The second kappa shape index (κ2) is 5.93. The third-order valence-corrected chi connectivity index (χ3v) is 4.38. The number of nitrogens with one attached hydrogen (secondary N) is 1. The van der Waals surface area contributed by atoms with Crippen LogP contribution in [-0.2, 0) is 6.18 Å². The predicted octanol–water partition coefficient (Wildman–Crippen LogP) is 4.58. The number of alkyl halides is 3. The van der Waals surface area contributed by atoms with Crippen molar-refractivity contribution in [2.75, 3.05) is 11.9 Å². The van der Waals surface area contributed by atoms with E-state index < -0.39 is 17.3 Å². The van der Waals surface area contributed by atoms with Gasteiger partial charge in [-0.2, -0.15) is 13.2 Å². The molecule has 6 heteroatoms. The van der Waals surface area contributed by atoms with Gasteiger partial charge in [0, 0.05) is 16.7 Å². The summed E-state index contributed by atoms with van der Waals surface area (Å²) in [7, 11) is 0. The minimum absolute atomic E-state index is 0.271. The summed E-state index contributed by atoms with van der Waals surface area (Å²) < 4.78 is 38.6. The fraction of sp³-hybridized carbons (Fsp3) is 0.571. The molecule has 1 fully saturated rings. The number of hydrogen-bond donors (Lipinski definition) is 2. The van der Waals surface area contributed by atoms with E-state index in [0.29, 0.717) is 23.0 Å². The van der Waals surface area contributed by atoms with E-state index in [-0.39, 0.29) is 6.54 Å². The summed E-state index contributed by atoms with van der Waals surface area (Å²) in [6.07, 6.45) is 0.0471. The van der Waals surface area contributed by atoms with Gasteiger partial charge < -0.3 is 10.4 Å². The first-order valence-corrected chi connectivity index (χ1v) is 7.42. The SMILES string of the molecule is OC1(CNc2cc(C(F)(F)F)ccc2Br)CCCCC1. The van der Waals surface area contributed by atoms with Gasteiger partial charge in [-0.05, 0) is 47.0 Å². The predicted molar refractivity (Wildman–Crippen MR) is 75.7 cm³/mol. The third kappa shape index (κ3) is 3.88. The molecule has 0 atom stereocenters. The van der Waals surface area contributed by atoms with Gasteiger partial charge in [-0.25, -0.2) is 0 Å². The van der Waals surface area contributed by atoms with Gasteiger partial charge in [0.1, 0.15) is 0 Å². The molecule has 20 heavy (non-hydrogen) atoms. The lowest BCUT2D eigenvalue weighted by Crippen LogP contribution is -2.38. The molecule has 0 heterocycles. The summed E-state index contributed by atoms with van der Waals surface area (Å²) in [5.74, 6) is 0. The maximum atomic E-state index is 12.7. The van der Waals surface area contributed by atoms with E-state index in [1.54, 1.807) is 0 Å². The lowest BCUT2D eigenvalue weighted by atomic mass is 9.85. The zero-order valence-corrected chi connectivity index (χ0v) is 12.5. The van der Waals surface area contributed by atoms with Crippen molar-refractivity contribution in [1.82, 2.24) is 0 Å². The molecule has 0 aliphatic heterocycles. The minimum atomic E-state index is -4.36. The quantitative estimate of drug-likeness (QED) is 0.835. The van der Waals surface area contributed by atoms with Crippen LogP contribution in [-0.4, -0.2) is 17.3 Å². The van der Waals surface area contributed by atoms with Crippen LogP contribution in [0.3, 0.4) is 0 Å². The second-order valence-corrected chi connectivity index (χ2v) is 6.19. The lowest BCUT2D eigenvalue weighted by Gasteiger charge is -2.32. The van der Waals surface area contributed by atoms with Crippen molar-refractivity contribution in [3.63, 3.8) is 0 Å². The Morgan fingerprint density at radius 2 is 1.85 bits per heavy atom. The van der Waals surface area contributed by atoms with Gasteiger partial charge in [0.05, 0.1) is 11.2 Å². The lowest BCUT2D eigenvalue weighted by molar-refractivity contribution is -0.137. The molecule has 0 unspecified atom stereocenters. The first kappa shape index (κ1) is 15.6. The van der Waals surface area contributed by atoms with Gasteiger partial charge in [0.15, 0.2) is 0 Å². The Hall–Kier alpha value is -0.750. The van der Waals surface area contributed by atoms with Gasteiger partial charge in [0.25, 0.3) is 0 Å². The van der Waals surface area contributed by atoms with Crippen LogP contribution < -0.4 is 5.32 Å². The molecule has 2 nitrogen and oxygen atoms in total. The van der Waals surface area contributed by atoms with E-state index in [1.165, 1.54) is 6.07 Å². The molecule has 1 aliphatic rings. The van der Waals surface area contributed by atoms with Gasteiger partial charge in [0.2, 0.25) is 0 Å². The Balaban J connectivity index is 2.09. The number of benzene rings is 1. The third-order valence-electron chi connectivity index (χ3n) is 3.69. The van der Waals surface area contributed by atoms with E-state index in [1.807, 2.05) is 0 Å². The maximum Gasteiger partial charge on any atom is 0.416 e. The zero-order valence-electron chi connectivity index (χ0n) is 10.9. The van der Waals surface area contributed by atoms with E-state index in [4.69, 9.17) is 0 Å². The molecule has 0 bridgehead atoms. The van der Waals surface area contributed by atoms with Crippen molar-refractivity contribution in [1.29, 1.82) is 0 Å². The molecule has 0 saturated heterocycles. The van der Waals surface area contributed by atoms with Crippen molar-refractivity contribution in [2.45, 2.75) is 43.9 Å². The maximum absolute atomic E-state index is 12.7. The number of halogens is 4. The van der Waals surface area contributed by atoms with E-state index >= 15 is 0 Å². The molecule has 0 aromatic heterocycles. The molecule has 1 aliphatic carbocycles. The first-order valence-electron chi connectivity index (χ1n) is 6.63. The average Bonchev–Trinajstić information content (AvgIpc) is 2.37. The molecular weight excluding hydrogens is 335 g/mol. The number of hydrogen-bond acceptors (Lipinski definition) is 2. The van der Waals surface area contributed by atoms with Crippen LogP contribution >= 0.6 is 15.9 Å². The molecule has 1 aromatic carbocycles. The van der Waals surface area contributed by atoms with Crippen LogP contribution in [0.2, 0.25) is 0 Å². The monoisotopic (exact) mass is 351 g/mol. The van der Waals surface area contributed by atoms with Crippen molar-refractivity contribution in [3.8, 4) is 0 Å². The van der Waals surface area contributed by atoms with Crippen molar-refractivity contribution in [2.24, 2.45) is 0 Å². The molecule has 0 spiro atoms. The summed E-state index contributed by atoms with van der Waals surface area (Å²) in [6.45, 7) is 0.271. The van der Waals surface area contributed by atoms with Crippen LogP contribution in [0.15, 0.2) is 22.7 Å².